The fourth-order valence-corrected chi connectivity index (χ4v) is 15.3. The third-order valence-electron chi connectivity index (χ3n) is 18.1. The molecule has 0 fully saturated rings. The van der Waals surface area contributed by atoms with Crippen molar-refractivity contribution in [1.82, 2.24) is 4.57 Å². The van der Waals surface area contributed by atoms with Gasteiger partial charge in [-0.2, -0.15) is 0 Å². The average molecular weight is 1110 g/mol. The number of hydrogen-bond donors (Lipinski definition) is 0. The van der Waals surface area contributed by atoms with Crippen molar-refractivity contribution < 1.29 is 14.2 Å². The van der Waals surface area contributed by atoms with Crippen molar-refractivity contribution in [1.29, 1.82) is 0 Å². The van der Waals surface area contributed by atoms with E-state index in [9.17, 15) is 0 Å². The zero-order chi connectivity index (χ0) is 56.4. The maximum atomic E-state index is 6.64. The van der Waals surface area contributed by atoms with Gasteiger partial charge in [-0.3, -0.25) is 0 Å². The molecule has 0 saturated carbocycles. The van der Waals surface area contributed by atoms with Crippen molar-refractivity contribution in [3.05, 3.63) is 256 Å². The molecule has 0 aliphatic heterocycles. The van der Waals surface area contributed by atoms with Gasteiger partial charge in [0.15, 0.2) is 0 Å². The fourth-order valence-electron chi connectivity index (χ4n) is 13.8. The quantitative estimate of drug-likeness (QED) is 0.0423. The fraction of sp³-hybridized carbons (Fsp3) is 0.299. The number of allylic oxidation sites excluding steroid dienone is 15. The molecule has 3 unspecified atom stereocenters. The van der Waals surface area contributed by atoms with Crippen LogP contribution in [0.25, 0.3) is 46.5 Å². The summed E-state index contributed by atoms with van der Waals surface area (Å²) in [6, 6.07) is 46.7. The van der Waals surface area contributed by atoms with Crippen molar-refractivity contribution in [3.63, 3.8) is 0 Å². The van der Waals surface area contributed by atoms with Gasteiger partial charge in [-0.05, 0) is 195 Å². The summed E-state index contributed by atoms with van der Waals surface area (Å²) in [6.45, 7) is 12.5. The lowest BCUT2D eigenvalue weighted by atomic mass is 9.65. The molecule has 6 aliphatic rings. The molecule has 1 radical (unpaired) electrons. The zero-order valence-electron chi connectivity index (χ0n) is 48.8. The Hall–Kier alpha value is -7.64. The van der Waals surface area contributed by atoms with Gasteiger partial charge in [0.1, 0.15) is 11.5 Å². The van der Waals surface area contributed by atoms with E-state index >= 15 is 0 Å². The number of anilines is 1. The van der Waals surface area contributed by atoms with Crippen LogP contribution in [0.1, 0.15) is 124 Å². The van der Waals surface area contributed by atoms with Crippen LogP contribution >= 0.6 is 0 Å². The van der Waals surface area contributed by atoms with Crippen LogP contribution < -0.4 is 24.9 Å². The van der Waals surface area contributed by atoms with Crippen LogP contribution in [-0.4, -0.2) is 39.3 Å². The monoisotopic (exact) mass is 1110 g/mol. The SMILES string of the molecule is C=Cc1ccc(OCCCCCCOC2C=c3c(n(C4=CCCC=C4)c4ccc(C5=CC=C(N(C6=CCC7C(=C6)C(CCC[Si](C)CCOc6ccc(C=C)cc6)(C6=CC=CCC6)c6ccccc67)c6ccccc6)CC5)cc34)=CC2)cc1. The van der Waals surface area contributed by atoms with Crippen LogP contribution in [-0.2, 0) is 10.2 Å². The summed E-state index contributed by atoms with van der Waals surface area (Å²) in [4.78, 5) is 2.59. The number of benzene rings is 5. The largest absolute Gasteiger partial charge is 0.494 e. The molecular formula is C77H81N2O3Si. The van der Waals surface area contributed by atoms with E-state index in [2.05, 4.69) is 199 Å². The smallest absolute Gasteiger partial charge is 0.119 e. The second kappa shape index (κ2) is 26.3. The Labute approximate surface area is 495 Å². The first kappa shape index (κ1) is 55.9. The third kappa shape index (κ3) is 12.2. The second-order valence-corrected chi connectivity index (χ2v) is 26.3. The lowest BCUT2D eigenvalue weighted by Crippen LogP contribution is -2.34. The summed E-state index contributed by atoms with van der Waals surface area (Å²) < 4.78 is 21.4. The number of ether oxygens (including phenoxy) is 3. The molecule has 0 bridgehead atoms. The number of unbranched alkanes of at least 4 members (excludes halogenated alkanes) is 3. The zero-order valence-corrected chi connectivity index (χ0v) is 49.8. The van der Waals surface area contributed by atoms with Gasteiger partial charge in [0.05, 0.1) is 24.8 Å². The van der Waals surface area contributed by atoms with Gasteiger partial charge in [0, 0.05) is 65.5 Å². The van der Waals surface area contributed by atoms with Gasteiger partial charge in [-0.1, -0.05) is 178 Å². The standard InChI is InChI=1S/C77H81N2O3Si/c1-4-57-30-40-66(41-31-57)80-49-19-6-7-20-50-81-68-44-47-76-72(56-68)71-54-60(36-46-75(71)79(76)63-26-15-10-16-27-63)59-34-37-64(38-35-59)78(62-24-13-9-14-25-62)65-39-45-70-69-28-17-18-29-73(69)77(74(70)55-65,61-22-11-8-12-23-61)48-21-52-83(3)53-51-82-67-42-32-58(5-2)33-43-67/h4-5,8-9,11,13-15,17-18,22,24-34,36-37,39-43,46-47,54-56,68,70H,1-2,6-7,10,12,16,19-21,23,35,38,44-45,48-53H2,3H3. The molecule has 12 rings (SSSR count). The number of nitrogens with zero attached hydrogens (tertiary/aromatic N) is 2. The van der Waals surface area contributed by atoms with Crippen molar-refractivity contribution in [3.8, 4) is 11.5 Å². The lowest BCUT2D eigenvalue weighted by molar-refractivity contribution is 0.0947. The van der Waals surface area contributed by atoms with Gasteiger partial charge in [0.25, 0.3) is 0 Å². The Morgan fingerprint density at radius 3 is 2.19 bits per heavy atom. The Morgan fingerprint density at radius 1 is 0.687 bits per heavy atom. The molecule has 6 aromatic rings. The molecule has 0 amide bonds. The minimum Gasteiger partial charge on any atom is -0.494 e. The molecule has 421 valence electrons. The number of para-hydroxylation sites is 1. The lowest BCUT2D eigenvalue weighted by Gasteiger charge is -2.40. The summed E-state index contributed by atoms with van der Waals surface area (Å²) in [7, 11) is -0.603. The highest BCUT2D eigenvalue weighted by atomic mass is 28.3. The first-order chi connectivity index (χ1) is 41.0. The van der Waals surface area contributed by atoms with E-state index in [1.807, 2.05) is 36.4 Å². The molecule has 3 atom stereocenters. The van der Waals surface area contributed by atoms with Crippen LogP contribution in [0, 0.1) is 0 Å². The molecule has 6 aliphatic carbocycles. The number of hydrogen-bond acceptors (Lipinski definition) is 4. The van der Waals surface area contributed by atoms with Crippen LogP contribution in [0.15, 0.2) is 218 Å². The molecule has 0 saturated heterocycles. The summed E-state index contributed by atoms with van der Waals surface area (Å²) in [5.41, 5.74) is 17.4. The van der Waals surface area contributed by atoms with Crippen molar-refractivity contribution in [2.45, 2.75) is 126 Å². The molecule has 0 spiro atoms. The highest BCUT2D eigenvalue weighted by Crippen LogP contribution is 2.60. The van der Waals surface area contributed by atoms with E-state index in [-0.39, 0.29) is 11.5 Å². The summed E-state index contributed by atoms with van der Waals surface area (Å²) in [5.74, 6) is 2.23. The van der Waals surface area contributed by atoms with Crippen molar-refractivity contribution in [2.75, 3.05) is 24.7 Å². The van der Waals surface area contributed by atoms with Crippen molar-refractivity contribution in [2.24, 2.45) is 0 Å². The number of aromatic nitrogens is 1. The first-order valence-electron chi connectivity index (χ1n) is 31.0. The van der Waals surface area contributed by atoms with Gasteiger partial charge < -0.3 is 23.7 Å². The van der Waals surface area contributed by atoms with E-state index in [0.717, 1.165) is 132 Å². The van der Waals surface area contributed by atoms with Crippen molar-refractivity contribution >= 4 is 61.0 Å². The topological polar surface area (TPSA) is 35.9 Å². The minimum absolute atomic E-state index is 0.0542. The molecule has 5 nitrogen and oxygen atoms in total. The second-order valence-electron chi connectivity index (χ2n) is 23.4. The highest BCUT2D eigenvalue weighted by Gasteiger charge is 2.50. The number of fused-ring (bicyclic) bond motifs is 6. The Bertz CT molecular complexity index is 3710. The third-order valence-corrected chi connectivity index (χ3v) is 20.4. The first-order valence-corrected chi connectivity index (χ1v) is 33.4. The van der Waals surface area contributed by atoms with Gasteiger partial charge in [-0.15, -0.1) is 0 Å². The van der Waals surface area contributed by atoms with Crippen LogP contribution in [0.4, 0.5) is 5.69 Å². The van der Waals surface area contributed by atoms with Crippen LogP contribution in [0.5, 0.6) is 11.5 Å². The highest BCUT2D eigenvalue weighted by molar-refractivity contribution is 6.57. The Kier molecular flexibility index (Phi) is 17.7. The Morgan fingerprint density at radius 2 is 1.46 bits per heavy atom. The Balaban J connectivity index is 0.790. The van der Waals surface area contributed by atoms with E-state index < -0.39 is 8.80 Å². The van der Waals surface area contributed by atoms with E-state index in [1.165, 1.54) is 79.0 Å². The molecule has 83 heavy (non-hydrogen) atoms. The van der Waals surface area contributed by atoms with Crippen LogP contribution in [0.3, 0.4) is 0 Å². The maximum absolute atomic E-state index is 6.64. The molecule has 5 aromatic carbocycles. The molecule has 0 N–H and O–H groups in total. The predicted molar refractivity (Wildman–Crippen MR) is 352 cm³/mol. The normalized spacial score (nSPS) is 19.6. The number of rotatable bonds is 25. The van der Waals surface area contributed by atoms with E-state index in [4.69, 9.17) is 14.2 Å². The van der Waals surface area contributed by atoms with Gasteiger partial charge in [-0.25, -0.2) is 0 Å². The predicted octanol–water partition coefficient (Wildman–Crippen LogP) is 18.2. The average Bonchev–Trinajstić information content (AvgIpc) is 4.19. The molecule has 1 heterocycles. The van der Waals surface area contributed by atoms with E-state index in [0.29, 0.717) is 5.92 Å². The van der Waals surface area contributed by atoms with E-state index in [1.54, 1.807) is 11.1 Å². The maximum Gasteiger partial charge on any atom is 0.119 e. The molecule has 6 heteroatoms. The van der Waals surface area contributed by atoms with Gasteiger partial charge >= 0.3 is 0 Å². The van der Waals surface area contributed by atoms with Crippen LogP contribution in [0.2, 0.25) is 18.6 Å². The summed E-state index contributed by atoms with van der Waals surface area (Å²) in [5, 5.41) is 3.89. The molecular weight excluding hydrogens is 1030 g/mol. The summed E-state index contributed by atoms with van der Waals surface area (Å²) in [6.07, 6.45) is 47.7. The summed E-state index contributed by atoms with van der Waals surface area (Å²) >= 11 is 0. The van der Waals surface area contributed by atoms with Gasteiger partial charge in [0.2, 0.25) is 0 Å². The molecule has 1 aromatic heterocycles. The minimum atomic E-state index is -0.603.